The van der Waals surface area contributed by atoms with Crippen molar-refractivity contribution in [3.63, 3.8) is 0 Å². The highest BCUT2D eigenvalue weighted by Crippen LogP contribution is 2.20. The van der Waals surface area contributed by atoms with Gasteiger partial charge >= 0.3 is 0 Å². The number of amides is 5. The molecular formula is C25H37N5O7. The average Bonchev–Trinajstić information content (AvgIpc) is 2.85. The van der Waals surface area contributed by atoms with E-state index in [2.05, 4.69) is 21.3 Å². The number of benzene rings is 1. The van der Waals surface area contributed by atoms with E-state index >= 15 is 0 Å². The molecule has 1 heterocycles. The van der Waals surface area contributed by atoms with Gasteiger partial charge in [0.15, 0.2) is 0 Å². The fraction of sp³-hybridized carbons (Fsp3) is 0.560. The molecule has 1 aromatic rings. The molecule has 37 heavy (non-hydrogen) atoms. The van der Waals surface area contributed by atoms with Gasteiger partial charge in [0.2, 0.25) is 23.6 Å². The van der Waals surface area contributed by atoms with Gasteiger partial charge in [0, 0.05) is 19.6 Å². The summed E-state index contributed by atoms with van der Waals surface area (Å²) in [7, 11) is 0. The predicted octanol–water partition coefficient (Wildman–Crippen LogP) is -0.389. The molecule has 1 aliphatic heterocycles. The van der Waals surface area contributed by atoms with E-state index in [1.807, 2.05) is 20.8 Å². The van der Waals surface area contributed by atoms with Gasteiger partial charge in [-0.25, -0.2) is 0 Å². The second kappa shape index (κ2) is 14.8. The lowest BCUT2D eigenvalue weighted by Gasteiger charge is -2.26. The Balaban J connectivity index is 2.35. The fourth-order valence-electron chi connectivity index (χ4n) is 3.61. The molecule has 0 spiro atoms. The molecule has 0 radical (unpaired) electrons. The molecule has 1 aliphatic rings. The first kappa shape index (κ1) is 29.6. The third-order valence-corrected chi connectivity index (χ3v) is 5.77. The zero-order chi connectivity index (χ0) is 27.4. The number of carbonyl (C=O) groups excluding carboxylic acids is 5. The van der Waals surface area contributed by atoms with Crippen molar-refractivity contribution in [2.75, 3.05) is 26.4 Å². The van der Waals surface area contributed by atoms with E-state index in [4.69, 9.17) is 15.2 Å². The van der Waals surface area contributed by atoms with E-state index in [-0.39, 0.29) is 43.2 Å². The largest absolute Gasteiger partial charge is 0.491 e. The van der Waals surface area contributed by atoms with Crippen molar-refractivity contribution in [2.45, 2.75) is 58.2 Å². The first-order valence-electron chi connectivity index (χ1n) is 12.4. The minimum absolute atomic E-state index is 0.0201. The Morgan fingerprint density at radius 1 is 1.16 bits per heavy atom. The standard InChI is InChI=1S/C25H37N5O7/c1-4-36-12-11-27-24(34)17-9-10-22(32)28-18(13-21(26)31)25(35)30-19(15(2)3)14-37-20-8-6-5-7-16(20)23(33)29-17/h5-8,15,17-19H,4,9-14H2,1-3H3,(H2,26,31)(H,27,34)(H,28,32)(H,29,33)(H,30,35)/t17-,18-,19+/m0/s1. The Kier molecular flexibility index (Phi) is 11.8. The summed E-state index contributed by atoms with van der Waals surface area (Å²) >= 11 is 0. The van der Waals surface area contributed by atoms with Crippen LogP contribution in [-0.2, 0) is 23.9 Å². The molecule has 0 saturated heterocycles. The second-order valence-corrected chi connectivity index (χ2v) is 9.01. The Labute approximate surface area is 216 Å². The molecular weight excluding hydrogens is 482 g/mol. The summed E-state index contributed by atoms with van der Waals surface area (Å²) < 4.78 is 11.1. The highest BCUT2D eigenvalue weighted by Gasteiger charge is 2.29. The van der Waals surface area contributed by atoms with Crippen molar-refractivity contribution in [2.24, 2.45) is 11.7 Å². The van der Waals surface area contributed by atoms with E-state index < -0.39 is 54.1 Å². The van der Waals surface area contributed by atoms with Gasteiger partial charge in [-0.3, -0.25) is 24.0 Å². The Morgan fingerprint density at radius 2 is 1.89 bits per heavy atom. The van der Waals surface area contributed by atoms with Crippen LogP contribution in [0.3, 0.4) is 0 Å². The third kappa shape index (κ3) is 9.71. The summed E-state index contributed by atoms with van der Waals surface area (Å²) in [5, 5.41) is 10.7. The molecule has 1 aromatic carbocycles. The second-order valence-electron chi connectivity index (χ2n) is 9.01. The summed E-state index contributed by atoms with van der Waals surface area (Å²) in [5.74, 6) is -2.76. The molecule has 0 aliphatic carbocycles. The molecule has 0 unspecified atom stereocenters. The van der Waals surface area contributed by atoms with Crippen LogP contribution in [-0.4, -0.2) is 74.0 Å². The minimum atomic E-state index is -1.20. The number of rotatable bonds is 8. The zero-order valence-electron chi connectivity index (χ0n) is 21.5. The van der Waals surface area contributed by atoms with E-state index in [0.717, 1.165) is 0 Å². The molecule has 0 aromatic heterocycles. The van der Waals surface area contributed by atoms with E-state index in [1.54, 1.807) is 24.3 Å². The van der Waals surface area contributed by atoms with Gasteiger partial charge in [-0.2, -0.15) is 0 Å². The maximum absolute atomic E-state index is 13.1. The molecule has 0 fully saturated rings. The maximum atomic E-state index is 13.1. The van der Waals surface area contributed by atoms with Crippen LogP contribution in [0.4, 0.5) is 0 Å². The van der Waals surface area contributed by atoms with Gasteiger partial charge in [0.05, 0.1) is 24.6 Å². The minimum Gasteiger partial charge on any atom is -0.491 e. The molecule has 0 saturated carbocycles. The fourth-order valence-corrected chi connectivity index (χ4v) is 3.61. The van der Waals surface area contributed by atoms with Crippen LogP contribution in [0.5, 0.6) is 5.75 Å². The lowest BCUT2D eigenvalue weighted by Crippen LogP contribution is -2.53. The van der Waals surface area contributed by atoms with Gasteiger partial charge < -0.3 is 36.5 Å². The van der Waals surface area contributed by atoms with Crippen LogP contribution in [0, 0.1) is 5.92 Å². The zero-order valence-corrected chi connectivity index (χ0v) is 21.5. The smallest absolute Gasteiger partial charge is 0.255 e. The van der Waals surface area contributed by atoms with Crippen LogP contribution in [0.25, 0.3) is 0 Å². The number of ether oxygens (including phenoxy) is 2. The number of nitrogens with one attached hydrogen (secondary N) is 4. The van der Waals surface area contributed by atoms with Gasteiger partial charge in [-0.05, 0) is 31.4 Å². The first-order chi connectivity index (χ1) is 17.6. The van der Waals surface area contributed by atoms with Gasteiger partial charge in [0.25, 0.3) is 5.91 Å². The summed E-state index contributed by atoms with van der Waals surface area (Å²) in [5.41, 5.74) is 5.50. The van der Waals surface area contributed by atoms with Crippen molar-refractivity contribution in [1.29, 1.82) is 0 Å². The summed E-state index contributed by atoms with van der Waals surface area (Å²) in [6.45, 7) is 6.60. The number of carbonyl (C=O) groups is 5. The SMILES string of the molecule is CCOCCNC(=O)[C@@H]1CCC(=O)N[C@@H](CC(N)=O)C(=O)N[C@@H](C(C)C)COc2ccccc2C(=O)N1. The summed E-state index contributed by atoms with van der Waals surface area (Å²) in [6.07, 6.45) is -0.650. The lowest BCUT2D eigenvalue weighted by molar-refractivity contribution is -0.132. The highest BCUT2D eigenvalue weighted by molar-refractivity contribution is 6.00. The van der Waals surface area contributed by atoms with Gasteiger partial charge in [0.1, 0.15) is 24.4 Å². The van der Waals surface area contributed by atoms with Crippen molar-refractivity contribution in [3.05, 3.63) is 29.8 Å². The monoisotopic (exact) mass is 519 g/mol. The average molecular weight is 520 g/mol. The van der Waals surface area contributed by atoms with Crippen LogP contribution in [0.1, 0.15) is 50.4 Å². The van der Waals surface area contributed by atoms with Crippen molar-refractivity contribution >= 4 is 29.5 Å². The van der Waals surface area contributed by atoms with Crippen LogP contribution < -0.4 is 31.7 Å². The lowest BCUT2D eigenvalue weighted by atomic mass is 10.0. The van der Waals surface area contributed by atoms with Gasteiger partial charge in [-0.1, -0.05) is 26.0 Å². The molecule has 0 bridgehead atoms. The number of nitrogens with two attached hydrogens (primary N) is 1. The Morgan fingerprint density at radius 3 is 2.57 bits per heavy atom. The van der Waals surface area contributed by atoms with Gasteiger partial charge in [-0.15, -0.1) is 0 Å². The maximum Gasteiger partial charge on any atom is 0.255 e. The van der Waals surface area contributed by atoms with Crippen molar-refractivity contribution < 1.29 is 33.4 Å². The van der Waals surface area contributed by atoms with Crippen LogP contribution in [0.15, 0.2) is 24.3 Å². The number of primary amides is 1. The normalized spacial score (nSPS) is 21.3. The van der Waals surface area contributed by atoms with Crippen molar-refractivity contribution in [3.8, 4) is 5.75 Å². The Bertz CT molecular complexity index is 969. The number of fused-ring (bicyclic) bond motifs is 1. The van der Waals surface area contributed by atoms with Crippen LogP contribution >= 0.6 is 0 Å². The predicted molar refractivity (Wildman–Crippen MR) is 134 cm³/mol. The molecule has 12 heteroatoms. The first-order valence-corrected chi connectivity index (χ1v) is 12.4. The molecule has 2 rings (SSSR count). The number of hydrogen-bond acceptors (Lipinski definition) is 7. The molecule has 6 N–H and O–H groups in total. The molecule has 204 valence electrons. The third-order valence-electron chi connectivity index (χ3n) is 5.77. The number of para-hydroxylation sites is 1. The Hall–Kier alpha value is -3.67. The highest BCUT2D eigenvalue weighted by atomic mass is 16.5. The molecule has 3 atom stereocenters. The van der Waals surface area contributed by atoms with E-state index in [9.17, 15) is 24.0 Å². The van der Waals surface area contributed by atoms with E-state index in [1.165, 1.54) is 0 Å². The summed E-state index contributed by atoms with van der Waals surface area (Å²) in [4.78, 5) is 63.2. The van der Waals surface area contributed by atoms with E-state index in [0.29, 0.717) is 13.2 Å². The molecule has 5 amide bonds. The number of hydrogen-bond donors (Lipinski definition) is 5. The van der Waals surface area contributed by atoms with Crippen molar-refractivity contribution in [1.82, 2.24) is 21.3 Å². The molecule has 12 nitrogen and oxygen atoms in total. The topological polar surface area (TPSA) is 178 Å². The summed E-state index contributed by atoms with van der Waals surface area (Å²) in [6, 6.07) is 3.80. The van der Waals surface area contributed by atoms with Crippen LogP contribution in [0.2, 0.25) is 0 Å². The quantitative estimate of drug-likeness (QED) is 0.290.